The van der Waals surface area contributed by atoms with Crippen molar-refractivity contribution >= 4 is 26.9 Å². The third kappa shape index (κ3) is 3.85. The Balaban J connectivity index is 2.03. The van der Waals surface area contributed by atoms with Crippen LogP contribution in [0.4, 0.5) is 13.2 Å². The van der Waals surface area contributed by atoms with Crippen molar-refractivity contribution in [3.05, 3.63) is 36.0 Å². The van der Waals surface area contributed by atoms with E-state index in [-0.39, 0.29) is 28.6 Å². The van der Waals surface area contributed by atoms with E-state index < -0.39 is 21.4 Å². The number of para-hydroxylation sites is 1. The molecule has 1 unspecified atom stereocenters. The minimum absolute atomic E-state index is 0.0340. The quantitative estimate of drug-likeness (QED) is 0.578. The van der Waals surface area contributed by atoms with Crippen molar-refractivity contribution < 1.29 is 30.5 Å². The molecule has 10 heteroatoms. The Kier molecular flexibility index (Phi) is 4.57. The highest BCUT2D eigenvalue weighted by Gasteiger charge is 2.48. The van der Waals surface area contributed by atoms with Gasteiger partial charge < -0.3 is 8.92 Å². The molecule has 1 aromatic heterocycles. The van der Waals surface area contributed by atoms with Gasteiger partial charge in [0.1, 0.15) is 17.8 Å². The summed E-state index contributed by atoms with van der Waals surface area (Å²) in [4.78, 5) is 8.70. The van der Waals surface area contributed by atoms with E-state index in [1.54, 1.807) is 18.2 Å². The zero-order chi connectivity index (χ0) is 20.0. The molecule has 0 fully saturated rings. The van der Waals surface area contributed by atoms with Crippen molar-refractivity contribution in [2.45, 2.75) is 32.3 Å². The Morgan fingerprint density at radius 2 is 1.85 bits per heavy atom. The van der Waals surface area contributed by atoms with E-state index in [1.807, 2.05) is 20.8 Å². The van der Waals surface area contributed by atoms with Gasteiger partial charge in [-0.25, -0.2) is 9.98 Å². The minimum atomic E-state index is -5.80. The molecule has 1 aromatic carbocycles. The van der Waals surface area contributed by atoms with E-state index in [0.29, 0.717) is 12.0 Å². The van der Waals surface area contributed by atoms with E-state index in [4.69, 9.17) is 4.74 Å². The van der Waals surface area contributed by atoms with Crippen molar-refractivity contribution in [3.8, 4) is 5.75 Å². The van der Waals surface area contributed by atoms with Crippen LogP contribution in [0.5, 0.6) is 5.75 Å². The molecule has 0 bridgehead atoms. The van der Waals surface area contributed by atoms with E-state index in [0.717, 1.165) is 6.07 Å². The van der Waals surface area contributed by atoms with Gasteiger partial charge in [-0.05, 0) is 17.5 Å². The number of benzene rings is 1. The number of pyridine rings is 1. The molecule has 2 aromatic rings. The van der Waals surface area contributed by atoms with E-state index in [1.165, 1.54) is 6.07 Å². The summed E-state index contributed by atoms with van der Waals surface area (Å²) in [5.74, 6) is -0.261. The van der Waals surface area contributed by atoms with Gasteiger partial charge in [-0.15, -0.1) is 0 Å². The van der Waals surface area contributed by atoms with E-state index >= 15 is 0 Å². The first-order valence-corrected chi connectivity index (χ1v) is 9.41. The Bertz CT molecular complexity index is 1010. The highest BCUT2D eigenvalue weighted by molar-refractivity contribution is 7.88. The second-order valence-corrected chi connectivity index (χ2v) is 8.67. The Hall–Kier alpha value is -2.36. The van der Waals surface area contributed by atoms with Gasteiger partial charge in [0.2, 0.25) is 5.90 Å². The average Bonchev–Trinajstić information content (AvgIpc) is 3.03. The predicted molar refractivity (Wildman–Crippen MR) is 93.1 cm³/mol. The fourth-order valence-electron chi connectivity index (χ4n) is 2.43. The largest absolute Gasteiger partial charge is 0.534 e. The lowest BCUT2D eigenvalue weighted by atomic mass is 9.88. The van der Waals surface area contributed by atoms with Gasteiger partial charge in [0.05, 0.1) is 6.04 Å². The fraction of sp³-hybridized carbons (Fsp3) is 0.412. The van der Waals surface area contributed by atoms with E-state index in [2.05, 4.69) is 14.2 Å². The number of aliphatic imine (C=N–C) groups is 1. The molecule has 3 rings (SSSR count). The second kappa shape index (κ2) is 6.36. The summed E-state index contributed by atoms with van der Waals surface area (Å²) >= 11 is 0. The van der Waals surface area contributed by atoms with Crippen LogP contribution in [0, 0.1) is 5.41 Å². The van der Waals surface area contributed by atoms with Crippen LogP contribution in [0.15, 0.2) is 35.3 Å². The number of ether oxygens (including phenoxy) is 1. The number of nitrogens with zero attached hydrogens (tertiary/aromatic N) is 2. The van der Waals surface area contributed by atoms with Gasteiger partial charge in [-0.1, -0.05) is 39.0 Å². The minimum Gasteiger partial charge on any atom is -0.474 e. The SMILES string of the molecule is CC(C)(C)C1COC(c2ccc3cccc(OS(=O)(=O)C(F)(F)F)c3n2)=N1. The van der Waals surface area contributed by atoms with Crippen molar-refractivity contribution in [3.63, 3.8) is 0 Å². The second-order valence-electron chi connectivity index (χ2n) is 7.13. The number of halogens is 3. The van der Waals surface area contributed by atoms with Crippen LogP contribution in [0.2, 0.25) is 0 Å². The molecular formula is C17H17F3N2O4S. The molecule has 1 aliphatic heterocycles. The van der Waals surface area contributed by atoms with Gasteiger partial charge in [0.15, 0.2) is 5.75 Å². The number of aromatic nitrogens is 1. The molecule has 0 saturated heterocycles. The summed E-state index contributed by atoms with van der Waals surface area (Å²) in [6.45, 7) is 6.39. The van der Waals surface area contributed by atoms with Gasteiger partial charge in [-0.3, -0.25) is 0 Å². The molecule has 146 valence electrons. The van der Waals surface area contributed by atoms with Gasteiger partial charge in [0, 0.05) is 5.39 Å². The van der Waals surface area contributed by atoms with Crippen molar-refractivity contribution in [2.24, 2.45) is 10.4 Å². The van der Waals surface area contributed by atoms with Crippen LogP contribution in [0.25, 0.3) is 10.9 Å². The monoisotopic (exact) mass is 402 g/mol. The lowest BCUT2D eigenvalue weighted by molar-refractivity contribution is -0.0499. The first kappa shape index (κ1) is 19.4. The van der Waals surface area contributed by atoms with Crippen LogP contribution in [-0.2, 0) is 14.9 Å². The third-order valence-electron chi connectivity index (χ3n) is 4.04. The van der Waals surface area contributed by atoms with Crippen LogP contribution >= 0.6 is 0 Å². The van der Waals surface area contributed by atoms with Crippen LogP contribution in [0.1, 0.15) is 26.5 Å². The third-order valence-corrected chi connectivity index (χ3v) is 5.00. The first-order chi connectivity index (χ1) is 12.4. The molecule has 6 nitrogen and oxygen atoms in total. The van der Waals surface area contributed by atoms with E-state index in [9.17, 15) is 21.6 Å². The maximum absolute atomic E-state index is 12.6. The Labute approximate surface area is 154 Å². The molecule has 0 radical (unpaired) electrons. The predicted octanol–water partition coefficient (Wildman–Crippen LogP) is 3.65. The molecule has 0 aliphatic carbocycles. The summed E-state index contributed by atoms with van der Waals surface area (Å²) in [7, 11) is -5.80. The summed E-state index contributed by atoms with van der Waals surface area (Å²) in [6.07, 6.45) is 0. The van der Waals surface area contributed by atoms with Gasteiger partial charge >= 0.3 is 15.6 Å². The number of rotatable bonds is 3. The molecule has 1 aliphatic rings. The molecule has 0 saturated carbocycles. The number of hydrogen-bond acceptors (Lipinski definition) is 6. The molecule has 0 N–H and O–H groups in total. The average molecular weight is 402 g/mol. The molecule has 0 amide bonds. The highest BCUT2D eigenvalue weighted by Crippen LogP contribution is 2.32. The molecule has 0 spiro atoms. The molecule has 1 atom stereocenters. The molecular weight excluding hydrogens is 385 g/mol. The summed E-state index contributed by atoms with van der Waals surface area (Å²) in [6, 6.07) is 7.16. The standard InChI is InChI=1S/C17H17F3N2O4S/c1-16(2,3)13-9-25-15(22-13)11-8-7-10-5-4-6-12(14(10)21-11)26-27(23,24)17(18,19)20/h4-8,13H,9H2,1-3H3. The zero-order valence-electron chi connectivity index (χ0n) is 14.7. The molecule has 27 heavy (non-hydrogen) atoms. The van der Waals surface area contributed by atoms with Crippen molar-refractivity contribution in [1.82, 2.24) is 4.98 Å². The zero-order valence-corrected chi connectivity index (χ0v) is 15.6. The van der Waals surface area contributed by atoms with Crippen molar-refractivity contribution in [2.75, 3.05) is 6.61 Å². The normalized spacial score (nSPS) is 18.3. The first-order valence-electron chi connectivity index (χ1n) is 8.00. The summed E-state index contributed by atoms with van der Waals surface area (Å²) in [5, 5.41) is 0.416. The number of alkyl halides is 3. The number of hydrogen-bond donors (Lipinski definition) is 0. The Morgan fingerprint density at radius 3 is 2.44 bits per heavy atom. The van der Waals surface area contributed by atoms with Crippen LogP contribution in [0.3, 0.4) is 0 Å². The lowest BCUT2D eigenvalue weighted by Gasteiger charge is -2.21. The summed E-state index contributed by atoms with van der Waals surface area (Å²) in [5.41, 5.74) is -5.41. The van der Waals surface area contributed by atoms with Gasteiger partial charge in [-0.2, -0.15) is 21.6 Å². The fourth-order valence-corrected chi connectivity index (χ4v) is 2.89. The maximum Gasteiger partial charge on any atom is 0.534 e. The Morgan fingerprint density at radius 1 is 1.15 bits per heavy atom. The van der Waals surface area contributed by atoms with Crippen LogP contribution < -0.4 is 4.18 Å². The van der Waals surface area contributed by atoms with Crippen molar-refractivity contribution in [1.29, 1.82) is 0 Å². The lowest BCUT2D eigenvalue weighted by Crippen LogP contribution is -2.28. The maximum atomic E-state index is 12.6. The summed E-state index contributed by atoms with van der Waals surface area (Å²) < 4.78 is 70.4. The number of fused-ring (bicyclic) bond motifs is 1. The smallest absolute Gasteiger partial charge is 0.474 e. The highest BCUT2D eigenvalue weighted by atomic mass is 32.2. The van der Waals surface area contributed by atoms with Crippen LogP contribution in [-0.4, -0.2) is 37.5 Å². The van der Waals surface area contributed by atoms with Gasteiger partial charge in [0.25, 0.3) is 0 Å². The topological polar surface area (TPSA) is 77.9 Å². The molecule has 2 heterocycles.